The van der Waals surface area contributed by atoms with Crippen LogP contribution >= 0.6 is 0 Å². The molecule has 0 heterocycles. The van der Waals surface area contributed by atoms with E-state index in [4.69, 9.17) is 5.11 Å². The number of nitrogens with zero attached hydrogens (tertiary/aromatic N) is 2. The van der Waals surface area contributed by atoms with Gasteiger partial charge < -0.3 is 15.3 Å². The molecule has 116 valence electrons. The van der Waals surface area contributed by atoms with Gasteiger partial charge in [-0.2, -0.15) is 0 Å². The lowest BCUT2D eigenvalue weighted by Crippen LogP contribution is -2.42. The normalized spacial score (nSPS) is 10.8. The molecule has 0 aliphatic heterocycles. The maximum Gasteiger partial charge on any atom is 0.337 e. The first kappa shape index (κ1) is 17.0. The molecule has 0 spiro atoms. The number of carboxylic acid groups (broad SMARTS) is 1. The summed E-state index contributed by atoms with van der Waals surface area (Å²) in [7, 11) is 3.55. The molecule has 0 radical (unpaired) electrons. The van der Waals surface area contributed by atoms with Gasteiger partial charge in [0.1, 0.15) is 0 Å². The quantitative estimate of drug-likeness (QED) is 0.840. The number of hydrogen-bond donors (Lipinski definition) is 2. The Hall–Kier alpha value is -2.08. The molecule has 0 aliphatic rings. The summed E-state index contributed by atoms with van der Waals surface area (Å²) in [6.45, 7) is 5.40. The first-order valence-corrected chi connectivity index (χ1v) is 6.88. The van der Waals surface area contributed by atoms with Crippen LogP contribution in [-0.2, 0) is 0 Å². The van der Waals surface area contributed by atoms with E-state index in [-0.39, 0.29) is 11.6 Å². The van der Waals surface area contributed by atoms with Crippen LogP contribution in [0.2, 0.25) is 0 Å². The molecule has 0 fully saturated rings. The molecule has 1 rings (SSSR count). The minimum absolute atomic E-state index is 0.106. The van der Waals surface area contributed by atoms with Crippen molar-refractivity contribution < 1.29 is 14.7 Å². The number of carbonyl (C=O) groups is 2. The number of nitrogens with one attached hydrogen (secondary N) is 1. The van der Waals surface area contributed by atoms with Crippen LogP contribution in [0.4, 0.5) is 10.5 Å². The first-order chi connectivity index (χ1) is 9.84. The highest BCUT2D eigenvalue weighted by atomic mass is 16.4. The summed E-state index contributed by atoms with van der Waals surface area (Å²) in [5, 5.41) is 11.9. The summed E-state index contributed by atoms with van der Waals surface area (Å²) >= 11 is 0. The number of amides is 2. The van der Waals surface area contributed by atoms with Gasteiger partial charge in [-0.3, -0.25) is 4.90 Å². The Labute approximate surface area is 125 Å². The summed E-state index contributed by atoms with van der Waals surface area (Å²) in [4.78, 5) is 26.7. The van der Waals surface area contributed by atoms with Crippen LogP contribution in [-0.4, -0.2) is 55.2 Å². The van der Waals surface area contributed by atoms with E-state index >= 15 is 0 Å². The lowest BCUT2D eigenvalue weighted by atomic mass is 10.1. The van der Waals surface area contributed by atoms with Gasteiger partial charge in [0.05, 0.1) is 11.3 Å². The molecule has 0 atom stereocenters. The Balaban J connectivity index is 2.65. The molecule has 0 saturated heterocycles. The minimum Gasteiger partial charge on any atom is -0.478 e. The van der Waals surface area contributed by atoms with Gasteiger partial charge in [0.15, 0.2) is 0 Å². The second kappa shape index (κ2) is 7.64. The van der Waals surface area contributed by atoms with Crippen LogP contribution in [0.25, 0.3) is 0 Å². The zero-order chi connectivity index (χ0) is 16.0. The van der Waals surface area contributed by atoms with Gasteiger partial charge in [-0.05, 0) is 33.0 Å². The predicted octanol–water partition coefficient (Wildman–Crippen LogP) is 1.87. The largest absolute Gasteiger partial charge is 0.478 e. The topological polar surface area (TPSA) is 72.9 Å². The summed E-state index contributed by atoms with van der Waals surface area (Å²) in [6.07, 6.45) is 0. The zero-order valence-corrected chi connectivity index (χ0v) is 13.0. The lowest BCUT2D eigenvalue weighted by Gasteiger charge is -2.23. The number of aromatic carboxylic acids is 1. The fourth-order valence-corrected chi connectivity index (χ4v) is 1.77. The van der Waals surface area contributed by atoms with Crippen molar-refractivity contribution in [1.82, 2.24) is 10.2 Å². The highest BCUT2D eigenvalue weighted by molar-refractivity contribution is 6.01. The van der Waals surface area contributed by atoms with Crippen LogP contribution in [0.15, 0.2) is 24.3 Å². The van der Waals surface area contributed by atoms with E-state index in [1.807, 2.05) is 7.05 Å². The maximum atomic E-state index is 12.1. The van der Waals surface area contributed by atoms with E-state index < -0.39 is 5.97 Å². The summed E-state index contributed by atoms with van der Waals surface area (Å²) in [5.74, 6) is -1.05. The predicted molar refractivity (Wildman–Crippen MR) is 83.0 cm³/mol. The number of urea groups is 1. The second-order valence-corrected chi connectivity index (χ2v) is 5.19. The van der Waals surface area contributed by atoms with E-state index in [0.717, 1.165) is 6.54 Å². The van der Waals surface area contributed by atoms with Gasteiger partial charge >= 0.3 is 12.0 Å². The van der Waals surface area contributed by atoms with Crippen molar-refractivity contribution in [3.8, 4) is 0 Å². The molecule has 0 saturated carbocycles. The van der Waals surface area contributed by atoms with Crippen LogP contribution in [0.5, 0.6) is 0 Å². The Morgan fingerprint density at radius 3 is 2.43 bits per heavy atom. The molecule has 2 amide bonds. The molecule has 0 aromatic heterocycles. The molecular formula is C15H23N3O3. The molecule has 1 aromatic rings. The van der Waals surface area contributed by atoms with Gasteiger partial charge in [0, 0.05) is 26.2 Å². The van der Waals surface area contributed by atoms with Crippen molar-refractivity contribution in [2.75, 3.05) is 32.1 Å². The molecule has 1 aromatic carbocycles. The van der Waals surface area contributed by atoms with Crippen molar-refractivity contribution >= 4 is 17.7 Å². The molecule has 0 unspecified atom stereocenters. The summed E-state index contributed by atoms with van der Waals surface area (Å²) in [6, 6.07) is 6.53. The van der Waals surface area contributed by atoms with E-state index in [0.29, 0.717) is 18.3 Å². The number of rotatable bonds is 6. The first-order valence-electron chi connectivity index (χ1n) is 6.88. The highest BCUT2D eigenvalue weighted by Crippen LogP contribution is 2.19. The molecule has 6 nitrogen and oxygen atoms in total. The van der Waals surface area contributed by atoms with Crippen molar-refractivity contribution in [2.45, 2.75) is 19.9 Å². The van der Waals surface area contributed by atoms with Crippen molar-refractivity contribution in [3.05, 3.63) is 29.8 Å². The Bertz CT molecular complexity index is 503. The minimum atomic E-state index is -1.05. The number of anilines is 1. The number of benzene rings is 1. The smallest absolute Gasteiger partial charge is 0.337 e. The fraction of sp³-hybridized carbons (Fsp3) is 0.467. The van der Waals surface area contributed by atoms with Crippen LogP contribution < -0.4 is 10.2 Å². The fourth-order valence-electron chi connectivity index (χ4n) is 1.77. The van der Waals surface area contributed by atoms with Gasteiger partial charge in [-0.15, -0.1) is 0 Å². The number of carboxylic acids is 1. The second-order valence-electron chi connectivity index (χ2n) is 5.19. The third kappa shape index (κ3) is 4.75. The van der Waals surface area contributed by atoms with Crippen molar-refractivity contribution in [2.24, 2.45) is 0 Å². The number of carbonyl (C=O) groups excluding carboxylic acids is 1. The maximum absolute atomic E-state index is 12.1. The van der Waals surface area contributed by atoms with Gasteiger partial charge in [-0.1, -0.05) is 12.1 Å². The van der Waals surface area contributed by atoms with Crippen LogP contribution in [0, 0.1) is 0 Å². The summed E-state index contributed by atoms with van der Waals surface area (Å²) in [5.41, 5.74) is 0.481. The standard InChI is InChI=1S/C15H23N3O3/c1-11(2)17(3)10-9-16-15(21)18(4)13-8-6-5-7-12(13)14(19)20/h5-8,11H,9-10H2,1-4H3,(H,16,21)(H,19,20). The Morgan fingerprint density at radius 1 is 1.24 bits per heavy atom. The number of para-hydroxylation sites is 1. The third-order valence-electron chi connectivity index (χ3n) is 3.42. The van der Waals surface area contributed by atoms with E-state index in [1.54, 1.807) is 25.2 Å². The molecule has 0 aliphatic carbocycles. The summed E-state index contributed by atoms with van der Waals surface area (Å²) < 4.78 is 0. The van der Waals surface area contributed by atoms with Crippen LogP contribution in [0.3, 0.4) is 0 Å². The zero-order valence-electron chi connectivity index (χ0n) is 13.0. The van der Waals surface area contributed by atoms with E-state index in [2.05, 4.69) is 24.1 Å². The Kier molecular flexibility index (Phi) is 6.17. The molecule has 2 N–H and O–H groups in total. The molecular weight excluding hydrogens is 270 g/mol. The average Bonchev–Trinajstić information content (AvgIpc) is 2.45. The lowest BCUT2D eigenvalue weighted by molar-refractivity contribution is 0.0697. The van der Waals surface area contributed by atoms with E-state index in [9.17, 15) is 9.59 Å². The molecule has 0 bridgehead atoms. The van der Waals surface area contributed by atoms with Crippen LogP contribution in [0.1, 0.15) is 24.2 Å². The van der Waals surface area contributed by atoms with Gasteiger partial charge in [-0.25, -0.2) is 9.59 Å². The highest BCUT2D eigenvalue weighted by Gasteiger charge is 2.17. The Morgan fingerprint density at radius 2 is 1.86 bits per heavy atom. The van der Waals surface area contributed by atoms with Crippen molar-refractivity contribution in [3.63, 3.8) is 0 Å². The molecule has 6 heteroatoms. The average molecular weight is 293 g/mol. The number of hydrogen-bond acceptors (Lipinski definition) is 3. The van der Waals surface area contributed by atoms with Crippen molar-refractivity contribution in [1.29, 1.82) is 0 Å². The SMILES string of the molecule is CC(C)N(C)CCNC(=O)N(C)c1ccccc1C(=O)O. The van der Waals surface area contributed by atoms with E-state index in [1.165, 1.54) is 11.0 Å². The third-order valence-corrected chi connectivity index (χ3v) is 3.42. The molecule has 21 heavy (non-hydrogen) atoms. The monoisotopic (exact) mass is 293 g/mol. The van der Waals surface area contributed by atoms with Gasteiger partial charge in [0.25, 0.3) is 0 Å². The number of likely N-dealkylation sites (N-methyl/N-ethyl adjacent to an activating group) is 1. The van der Waals surface area contributed by atoms with Gasteiger partial charge in [0.2, 0.25) is 0 Å².